The highest BCUT2D eigenvalue weighted by molar-refractivity contribution is 5.86. The minimum atomic E-state index is -0.487. The first-order valence-corrected chi connectivity index (χ1v) is 5.02. The molecule has 0 saturated carbocycles. The molecule has 1 aromatic heterocycles. The van der Waals surface area contributed by atoms with Gasteiger partial charge in [-0.1, -0.05) is 12.1 Å². The summed E-state index contributed by atoms with van der Waals surface area (Å²) < 4.78 is 9.70. The Morgan fingerprint density at radius 2 is 2.18 bits per heavy atom. The van der Waals surface area contributed by atoms with Gasteiger partial charge in [0.15, 0.2) is 0 Å². The van der Waals surface area contributed by atoms with Gasteiger partial charge < -0.3 is 14.5 Å². The van der Waals surface area contributed by atoms with Crippen LogP contribution in [-0.4, -0.2) is 30.2 Å². The van der Waals surface area contributed by atoms with Gasteiger partial charge in [0, 0.05) is 5.56 Å². The summed E-state index contributed by atoms with van der Waals surface area (Å²) in [5, 5.41) is 0. The number of rotatable bonds is 3. The first kappa shape index (κ1) is 11.2. The molecule has 0 unspecified atom stereocenters. The Morgan fingerprint density at radius 3 is 2.88 bits per heavy atom. The normalized spacial score (nSPS) is 10.0. The van der Waals surface area contributed by atoms with Crippen LogP contribution in [0.25, 0.3) is 11.3 Å². The fourth-order valence-electron chi connectivity index (χ4n) is 1.46. The lowest BCUT2D eigenvalue weighted by Gasteiger charge is -2.01. The molecular formula is C12H12N2O3. The summed E-state index contributed by atoms with van der Waals surface area (Å²) in [6.07, 6.45) is 1.58. The van der Waals surface area contributed by atoms with Gasteiger partial charge in [0.2, 0.25) is 5.82 Å². The van der Waals surface area contributed by atoms with Gasteiger partial charge in [0.05, 0.1) is 26.1 Å². The number of H-pyrrole nitrogens is 1. The maximum Gasteiger partial charge on any atom is 0.374 e. The van der Waals surface area contributed by atoms with Gasteiger partial charge in [-0.05, 0) is 12.1 Å². The minimum Gasteiger partial charge on any atom is -0.497 e. The molecule has 1 aromatic carbocycles. The van der Waals surface area contributed by atoms with Gasteiger partial charge in [0.1, 0.15) is 5.75 Å². The number of hydrogen-bond donors (Lipinski definition) is 1. The molecule has 0 saturated heterocycles. The topological polar surface area (TPSA) is 64.2 Å². The van der Waals surface area contributed by atoms with Crippen LogP contribution in [0.3, 0.4) is 0 Å². The second-order valence-electron chi connectivity index (χ2n) is 3.37. The molecule has 1 N–H and O–H groups in total. The van der Waals surface area contributed by atoms with E-state index in [9.17, 15) is 4.79 Å². The molecule has 17 heavy (non-hydrogen) atoms. The highest BCUT2D eigenvalue weighted by Gasteiger charge is 2.11. The summed E-state index contributed by atoms with van der Waals surface area (Å²) in [6, 6.07) is 7.47. The largest absolute Gasteiger partial charge is 0.497 e. The van der Waals surface area contributed by atoms with Crippen LogP contribution < -0.4 is 4.74 Å². The van der Waals surface area contributed by atoms with Crippen molar-refractivity contribution >= 4 is 5.97 Å². The molecule has 0 spiro atoms. The zero-order valence-corrected chi connectivity index (χ0v) is 9.56. The van der Waals surface area contributed by atoms with Gasteiger partial charge >= 0.3 is 5.97 Å². The lowest BCUT2D eigenvalue weighted by Crippen LogP contribution is -2.03. The number of benzene rings is 1. The summed E-state index contributed by atoms with van der Waals surface area (Å²) in [4.78, 5) is 18.1. The first-order chi connectivity index (χ1) is 8.24. The number of nitrogens with zero attached hydrogens (tertiary/aromatic N) is 1. The van der Waals surface area contributed by atoms with Crippen molar-refractivity contribution in [2.24, 2.45) is 0 Å². The predicted octanol–water partition coefficient (Wildman–Crippen LogP) is 1.87. The molecule has 0 aliphatic rings. The fraction of sp³-hybridized carbons (Fsp3) is 0.167. The number of hydrogen-bond acceptors (Lipinski definition) is 4. The predicted molar refractivity (Wildman–Crippen MR) is 61.9 cm³/mol. The third-order valence-corrected chi connectivity index (χ3v) is 2.34. The number of imidazole rings is 1. The Balaban J connectivity index is 2.33. The summed E-state index contributed by atoms with van der Waals surface area (Å²) in [5.41, 5.74) is 1.64. The van der Waals surface area contributed by atoms with E-state index in [2.05, 4.69) is 14.7 Å². The number of methoxy groups -OCH3 is 2. The van der Waals surface area contributed by atoms with Gasteiger partial charge in [-0.15, -0.1) is 0 Å². The highest BCUT2D eigenvalue weighted by Crippen LogP contribution is 2.22. The Morgan fingerprint density at radius 1 is 1.35 bits per heavy atom. The number of aromatic amines is 1. The van der Waals surface area contributed by atoms with E-state index in [0.29, 0.717) is 0 Å². The van der Waals surface area contributed by atoms with Crippen molar-refractivity contribution in [2.75, 3.05) is 14.2 Å². The van der Waals surface area contributed by atoms with Crippen LogP contribution in [0.1, 0.15) is 10.6 Å². The Bertz CT molecular complexity index is 534. The van der Waals surface area contributed by atoms with Crippen molar-refractivity contribution < 1.29 is 14.3 Å². The molecule has 5 nitrogen and oxygen atoms in total. The van der Waals surface area contributed by atoms with E-state index >= 15 is 0 Å². The van der Waals surface area contributed by atoms with E-state index in [1.807, 2.05) is 24.3 Å². The van der Waals surface area contributed by atoms with Crippen molar-refractivity contribution in [1.29, 1.82) is 0 Å². The van der Waals surface area contributed by atoms with Crippen LogP contribution in [-0.2, 0) is 4.74 Å². The van der Waals surface area contributed by atoms with Gasteiger partial charge in [0.25, 0.3) is 0 Å². The van der Waals surface area contributed by atoms with Crippen LogP contribution in [0, 0.1) is 0 Å². The summed E-state index contributed by atoms with van der Waals surface area (Å²) >= 11 is 0. The molecule has 0 bridgehead atoms. The summed E-state index contributed by atoms with van der Waals surface area (Å²) in [7, 11) is 2.92. The SMILES string of the molecule is COC(=O)c1ncc(-c2cccc(OC)c2)[nH]1. The fourth-order valence-corrected chi connectivity index (χ4v) is 1.46. The standard InChI is InChI=1S/C12H12N2O3/c1-16-9-5-3-4-8(6-9)10-7-13-11(14-10)12(15)17-2/h3-7H,1-2H3,(H,13,14). The number of aromatic nitrogens is 2. The Kier molecular flexibility index (Phi) is 3.09. The molecule has 1 heterocycles. The highest BCUT2D eigenvalue weighted by atomic mass is 16.5. The molecule has 2 aromatic rings. The van der Waals surface area contributed by atoms with Crippen molar-refractivity contribution in [3.63, 3.8) is 0 Å². The number of nitrogens with one attached hydrogen (secondary N) is 1. The maximum atomic E-state index is 11.2. The molecule has 5 heteroatoms. The molecule has 0 atom stereocenters. The van der Waals surface area contributed by atoms with Crippen molar-refractivity contribution in [1.82, 2.24) is 9.97 Å². The molecule has 0 aliphatic heterocycles. The van der Waals surface area contributed by atoms with E-state index in [-0.39, 0.29) is 5.82 Å². The molecule has 0 fully saturated rings. The molecule has 0 radical (unpaired) electrons. The maximum absolute atomic E-state index is 11.2. The Hall–Kier alpha value is -2.30. The zero-order valence-electron chi connectivity index (χ0n) is 9.56. The second kappa shape index (κ2) is 4.69. The van der Waals surface area contributed by atoms with E-state index in [4.69, 9.17) is 4.74 Å². The lowest BCUT2D eigenvalue weighted by atomic mass is 10.1. The number of carbonyl (C=O) groups excluding carboxylic acids is 1. The molecule has 0 amide bonds. The first-order valence-electron chi connectivity index (χ1n) is 5.02. The molecule has 2 rings (SSSR count). The van der Waals surface area contributed by atoms with Gasteiger partial charge in [-0.3, -0.25) is 0 Å². The van der Waals surface area contributed by atoms with Crippen molar-refractivity contribution in [2.45, 2.75) is 0 Å². The minimum absolute atomic E-state index is 0.185. The average Bonchev–Trinajstić information content (AvgIpc) is 2.87. The summed E-state index contributed by atoms with van der Waals surface area (Å²) in [5.74, 6) is 0.446. The number of ether oxygens (including phenoxy) is 2. The Labute approximate surface area is 98.4 Å². The third kappa shape index (κ3) is 2.28. The van der Waals surface area contributed by atoms with E-state index in [1.165, 1.54) is 7.11 Å². The molecule has 0 aliphatic carbocycles. The quantitative estimate of drug-likeness (QED) is 0.820. The van der Waals surface area contributed by atoms with Crippen LogP contribution in [0.4, 0.5) is 0 Å². The average molecular weight is 232 g/mol. The van der Waals surface area contributed by atoms with Crippen LogP contribution in [0.15, 0.2) is 30.5 Å². The van der Waals surface area contributed by atoms with E-state index in [0.717, 1.165) is 17.0 Å². The number of carbonyl (C=O) groups is 1. The van der Waals surface area contributed by atoms with Crippen molar-refractivity contribution in [3.05, 3.63) is 36.3 Å². The van der Waals surface area contributed by atoms with Crippen LogP contribution in [0.5, 0.6) is 5.75 Å². The smallest absolute Gasteiger partial charge is 0.374 e. The third-order valence-electron chi connectivity index (χ3n) is 2.34. The zero-order chi connectivity index (χ0) is 12.3. The van der Waals surface area contributed by atoms with Crippen LogP contribution in [0.2, 0.25) is 0 Å². The van der Waals surface area contributed by atoms with E-state index < -0.39 is 5.97 Å². The monoisotopic (exact) mass is 232 g/mol. The van der Waals surface area contributed by atoms with Crippen LogP contribution >= 0.6 is 0 Å². The second-order valence-corrected chi connectivity index (χ2v) is 3.37. The number of esters is 1. The van der Waals surface area contributed by atoms with Gasteiger partial charge in [-0.2, -0.15) is 0 Å². The van der Waals surface area contributed by atoms with E-state index in [1.54, 1.807) is 13.3 Å². The van der Waals surface area contributed by atoms with Crippen molar-refractivity contribution in [3.8, 4) is 17.0 Å². The molecular weight excluding hydrogens is 220 g/mol. The summed E-state index contributed by atoms with van der Waals surface area (Å²) in [6.45, 7) is 0. The van der Waals surface area contributed by atoms with Gasteiger partial charge in [-0.25, -0.2) is 9.78 Å². The molecule has 88 valence electrons. The lowest BCUT2D eigenvalue weighted by molar-refractivity contribution is 0.0588.